The first-order valence-electron chi connectivity index (χ1n) is 7.13. The minimum absolute atomic E-state index is 0.137. The summed E-state index contributed by atoms with van der Waals surface area (Å²) in [5.74, 6) is 0.984. The number of likely N-dealkylation sites (tertiary alicyclic amines) is 1. The molecular weight excluding hydrogens is 254 g/mol. The summed E-state index contributed by atoms with van der Waals surface area (Å²) in [5, 5.41) is 9.61. The topological polar surface area (TPSA) is 49.8 Å². The number of hydrogen-bond acceptors (Lipinski definition) is 3. The first-order valence-corrected chi connectivity index (χ1v) is 7.13. The molecule has 20 heavy (non-hydrogen) atoms. The van der Waals surface area contributed by atoms with Crippen molar-refractivity contribution in [3.63, 3.8) is 0 Å². The molecule has 1 amide bonds. The normalized spacial score (nSPS) is 21.6. The quantitative estimate of drug-likeness (QED) is 0.916. The molecule has 1 fully saturated rings. The minimum atomic E-state index is -0.343. The summed E-state index contributed by atoms with van der Waals surface area (Å²) in [6.07, 6.45) is 0.544. The monoisotopic (exact) mass is 277 g/mol. The van der Waals surface area contributed by atoms with Crippen molar-refractivity contribution in [2.24, 2.45) is 5.92 Å². The second kappa shape index (κ2) is 6.27. The van der Waals surface area contributed by atoms with Gasteiger partial charge in [0.2, 0.25) is 5.91 Å². The van der Waals surface area contributed by atoms with Crippen LogP contribution in [0.5, 0.6) is 5.75 Å². The van der Waals surface area contributed by atoms with Crippen molar-refractivity contribution in [1.82, 2.24) is 4.90 Å². The molecule has 1 aliphatic rings. The van der Waals surface area contributed by atoms with Gasteiger partial charge in [-0.3, -0.25) is 4.79 Å². The van der Waals surface area contributed by atoms with E-state index in [2.05, 4.69) is 0 Å². The highest BCUT2D eigenvalue weighted by atomic mass is 16.5. The lowest BCUT2D eigenvalue weighted by atomic mass is 9.99. The zero-order valence-electron chi connectivity index (χ0n) is 12.4. The van der Waals surface area contributed by atoms with Gasteiger partial charge in [0.05, 0.1) is 19.1 Å². The average Bonchev–Trinajstić information content (AvgIpc) is 2.96. The van der Waals surface area contributed by atoms with Gasteiger partial charge in [-0.15, -0.1) is 0 Å². The Hall–Kier alpha value is -1.55. The number of carbonyl (C=O) groups is 1. The van der Waals surface area contributed by atoms with Crippen LogP contribution in [-0.4, -0.2) is 42.2 Å². The van der Waals surface area contributed by atoms with E-state index in [0.29, 0.717) is 6.54 Å². The summed E-state index contributed by atoms with van der Waals surface area (Å²) in [5.41, 5.74) is 0.997. The molecule has 110 valence electrons. The van der Waals surface area contributed by atoms with E-state index in [-0.39, 0.29) is 23.8 Å². The van der Waals surface area contributed by atoms with E-state index in [1.807, 2.05) is 36.1 Å². The number of aliphatic hydroxyl groups excluding tert-OH is 1. The van der Waals surface area contributed by atoms with E-state index in [1.54, 1.807) is 14.0 Å². The van der Waals surface area contributed by atoms with Crippen LogP contribution in [0.3, 0.4) is 0 Å². The third kappa shape index (κ3) is 3.12. The van der Waals surface area contributed by atoms with Gasteiger partial charge in [0, 0.05) is 19.0 Å². The fourth-order valence-electron chi connectivity index (χ4n) is 2.69. The minimum Gasteiger partial charge on any atom is -0.497 e. The molecule has 1 saturated heterocycles. The Labute approximate surface area is 120 Å². The van der Waals surface area contributed by atoms with Crippen LogP contribution in [0, 0.1) is 5.92 Å². The summed E-state index contributed by atoms with van der Waals surface area (Å²) in [7, 11) is 1.63. The molecule has 0 spiro atoms. The Kier molecular flexibility index (Phi) is 4.65. The third-order valence-corrected chi connectivity index (χ3v) is 4.20. The van der Waals surface area contributed by atoms with E-state index in [4.69, 9.17) is 4.74 Å². The molecule has 1 aliphatic heterocycles. The smallest absolute Gasteiger partial charge is 0.229 e. The number of nitrogens with zero attached hydrogens (tertiary/aromatic N) is 1. The molecule has 4 heteroatoms. The van der Waals surface area contributed by atoms with E-state index < -0.39 is 0 Å². The summed E-state index contributed by atoms with van der Waals surface area (Å²) < 4.78 is 5.13. The van der Waals surface area contributed by atoms with Crippen LogP contribution in [0.15, 0.2) is 24.3 Å². The molecule has 0 aliphatic carbocycles. The SMILES string of the molecule is COc1ccc(C(C)C(=O)N2CCC(C(C)O)C2)cc1. The lowest BCUT2D eigenvalue weighted by molar-refractivity contribution is -0.131. The van der Waals surface area contributed by atoms with Gasteiger partial charge < -0.3 is 14.7 Å². The van der Waals surface area contributed by atoms with Crippen LogP contribution in [0.4, 0.5) is 0 Å². The fourth-order valence-corrected chi connectivity index (χ4v) is 2.69. The van der Waals surface area contributed by atoms with Crippen molar-refractivity contribution in [1.29, 1.82) is 0 Å². The Morgan fingerprint density at radius 1 is 1.35 bits per heavy atom. The van der Waals surface area contributed by atoms with Gasteiger partial charge in [-0.1, -0.05) is 12.1 Å². The van der Waals surface area contributed by atoms with Crippen molar-refractivity contribution >= 4 is 5.91 Å². The van der Waals surface area contributed by atoms with Crippen LogP contribution in [0.2, 0.25) is 0 Å². The van der Waals surface area contributed by atoms with E-state index in [9.17, 15) is 9.90 Å². The predicted molar refractivity (Wildman–Crippen MR) is 77.8 cm³/mol. The summed E-state index contributed by atoms with van der Waals surface area (Å²) in [4.78, 5) is 14.3. The number of carbonyl (C=O) groups excluding carboxylic acids is 1. The highest BCUT2D eigenvalue weighted by Gasteiger charge is 2.31. The van der Waals surface area contributed by atoms with Crippen LogP contribution >= 0.6 is 0 Å². The first-order chi connectivity index (χ1) is 9.52. The molecule has 1 aromatic carbocycles. The van der Waals surface area contributed by atoms with Crippen molar-refractivity contribution < 1.29 is 14.6 Å². The number of ether oxygens (including phenoxy) is 1. The van der Waals surface area contributed by atoms with Crippen LogP contribution in [-0.2, 0) is 4.79 Å². The lowest BCUT2D eigenvalue weighted by Crippen LogP contribution is -2.33. The van der Waals surface area contributed by atoms with Crippen LogP contribution in [0.1, 0.15) is 31.7 Å². The summed E-state index contributed by atoms with van der Waals surface area (Å²) >= 11 is 0. The van der Waals surface area contributed by atoms with Crippen molar-refractivity contribution in [2.45, 2.75) is 32.3 Å². The maximum atomic E-state index is 12.5. The molecule has 0 aromatic heterocycles. The molecule has 1 heterocycles. The second-order valence-corrected chi connectivity index (χ2v) is 5.57. The standard InChI is InChI=1S/C16H23NO3/c1-11(13-4-6-15(20-3)7-5-13)16(19)17-9-8-14(10-17)12(2)18/h4-7,11-12,14,18H,8-10H2,1-3H3. The van der Waals surface area contributed by atoms with Gasteiger partial charge in [0.1, 0.15) is 5.75 Å². The summed E-state index contributed by atoms with van der Waals surface area (Å²) in [6, 6.07) is 7.62. The maximum Gasteiger partial charge on any atom is 0.229 e. The number of amides is 1. The van der Waals surface area contributed by atoms with Gasteiger partial charge in [0.15, 0.2) is 0 Å². The molecule has 2 rings (SSSR count). The van der Waals surface area contributed by atoms with Crippen LogP contribution in [0.25, 0.3) is 0 Å². The van der Waals surface area contributed by atoms with Crippen molar-refractivity contribution in [3.05, 3.63) is 29.8 Å². The second-order valence-electron chi connectivity index (χ2n) is 5.57. The third-order valence-electron chi connectivity index (χ3n) is 4.20. The fraction of sp³-hybridized carbons (Fsp3) is 0.562. The molecule has 3 atom stereocenters. The number of aliphatic hydroxyl groups is 1. The largest absolute Gasteiger partial charge is 0.497 e. The predicted octanol–water partition coefficient (Wildman–Crippen LogP) is 2.03. The molecule has 1 aromatic rings. The Morgan fingerprint density at radius 3 is 2.50 bits per heavy atom. The zero-order valence-corrected chi connectivity index (χ0v) is 12.4. The van der Waals surface area contributed by atoms with Gasteiger partial charge in [-0.25, -0.2) is 0 Å². The molecule has 3 unspecified atom stereocenters. The summed E-state index contributed by atoms with van der Waals surface area (Å²) in [6.45, 7) is 5.14. The van der Waals surface area contributed by atoms with E-state index >= 15 is 0 Å². The Morgan fingerprint density at radius 2 is 2.00 bits per heavy atom. The highest BCUT2D eigenvalue weighted by molar-refractivity contribution is 5.83. The van der Waals surface area contributed by atoms with E-state index in [1.165, 1.54) is 0 Å². The highest BCUT2D eigenvalue weighted by Crippen LogP contribution is 2.26. The van der Waals surface area contributed by atoms with Crippen molar-refractivity contribution in [3.8, 4) is 5.75 Å². The number of hydrogen-bond donors (Lipinski definition) is 1. The van der Waals surface area contributed by atoms with Crippen molar-refractivity contribution in [2.75, 3.05) is 20.2 Å². The Balaban J connectivity index is 2.01. The van der Waals surface area contributed by atoms with Crippen LogP contribution < -0.4 is 4.74 Å². The lowest BCUT2D eigenvalue weighted by Gasteiger charge is -2.22. The van der Waals surface area contributed by atoms with Gasteiger partial charge >= 0.3 is 0 Å². The van der Waals surface area contributed by atoms with E-state index in [0.717, 1.165) is 24.3 Å². The van der Waals surface area contributed by atoms with Gasteiger partial charge in [-0.2, -0.15) is 0 Å². The number of methoxy groups -OCH3 is 1. The molecule has 0 bridgehead atoms. The average molecular weight is 277 g/mol. The molecular formula is C16H23NO3. The molecule has 0 radical (unpaired) electrons. The number of rotatable bonds is 4. The zero-order chi connectivity index (χ0) is 14.7. The molecule has 0 saturated carbocycles. The van der Waals surface area contributed by atoms with Gasteiger partial charge in [-0.05, 0) is 38.0 Å². The van der Waals surface area contributed by atoms with Gasteiger partial charge in [0.25, 0.3) is 0 Å². The first kappa shape index (κ1) is 14.9. The molecule has 1 N–H and O–H groups in total. The molecule has 4 nitrogen and oxygen atoms in total. The Bertz CT molecular complexity index is 455. The maximum absolute atomic E-state index is 12.5. The number of benzene rings is 1.